The molecule has 0 aliphatic carbocycles. The van der Waals surface area contributed by atoms with Crippen LogP contribution in [0.15, 0.2) is 0 Å². The summed E-state index contributed by atoms with van der Waals surface area (Å²) in [7, 11) is 0. The van der Waals surface area contributed by atoms with Gasteiger partial charge in [0.05, 0.1) is 6.07 Å². The van der Waals surface area contributed by atoms with Gasteiger partial charge < -0.3 is 5.73 Å². The van der Waals surface area contributed by atoms with Gasteiger partial charge >= 0.3 is 0 Å². The van der Waals surface area contributed by atoms with Crippen LogP contribution in [0.4, 0.5) is 0 Å². The topological polar surface area (TPSA) is 66.9 Å². The summed E-state index contributed by atoms with van der Waals surface area (Å²) < 4.78 is 0. The Morgan fingerprint density at radius 2 is 2.09 bits per heavy atom. The molecule has 0 aliphatic heterocycles. The van der Waals surface area contributed by atoms with Crippen LogP contribution in [0.3, 0.4) is 0 Å². The minimum Gasteiger partial charge on any atom is -0.369 e. The van der Waals surface area contributed by atoms with Gasteiger partial charge in [0.15, 0.2) is 0 Å². The van der Waals surface area contributed by atoms with Crippen molar-refractivity contribution in [2.45, 2.75) is 26.7 Å². The van der Waals surface area contributed by atoms with Crippen molar-refractivity contribution in [2.24, 2.45) is 17.6 Å². The van der Waals surface area contributed by atoms with Crippen molar-refractivity contribution < 1.29 is 4.79 Å². The van der Waals surface area contributed by atoms with Crippen molar-refractivity contribution in [1.29, 1.82) is 5.26 Å². The fourth-order valence-corrected chi connectivity index (χ4v) is 0.770. The number of nitrogens with zero attached hydrogens (tertiary/aromatic N) is 1. The largest absolute Gasteiger partial charge is 0.369 e. The fraction of sp³-hybridized carbons (Fsp3) is 0.750. The lowest BCUT2D eigenvalue weighted by Crippen LogP contribution is -2.22. The first-order chi connectivity index (χ1) is 5.07. The minimum absolute atomic E-state index is 0.506. The molecule has 0 fully saturated rings. The number of carbonyl (C=O) groups excluding carboxylic acids is 1. The maximum atomic E-state index is 10.5. The minimum atomic E-state index is -0.600. The third kappa shape index (κ3) is 4.38. The summed E-state index contributed by atoms with van der Waals surface area (Å²) in [5.41, 5.74) is 4.97. The quantitative estimate of drug-likeness (QED) is 0.657. The van der Waals surface area contributed by atoms with Crippen molar-refractivity contribution in [2.75, 3.05) is 0 Å². The van der Waals surface area contributed by atoms with Gasteiger partial charge in [0.25, 0.3) is 0 Å². The van der Waals surface area contributed by atoms with Crippen LogP contribution in [0.1, 0.15) is 26.7 Å². The molecule has 0 saturated carbocycles. The number of rotatable bonds is 4. The first-order valence-electron chi connectivity index (χ1n) is 3.76. The maximum absolute atomic E-state index is 10.5. The Morgan fingerprint density at radius 1 is 1.55 bits per heavy atom. The van der Waals surface area contributed by atoms with Crippen molar-refractivity contribution >= 4 is 5.91 Å². The van der Waals surface area contributed by atoms with Gasteiger partial charge in [0.1, 0.15) is 5.92 Å². The number of hydrogen-bond acceptors (Lipinski definition) is 2. The summed E-state index contributed by atoms with van der Waals surface area (Å²) in [4.78, 5) is 10.5. The molecule has 0 aromatic heterocycles. The highest BCUT2D eigenvalue weighted by molar-refractivity contribution is 5.79. The highest BCUT2D eigenvalue weighted by atomic mass is 16.1. The Bertz CT molecular complexity index is 169. The highest BCUT2D eigenvalue weighted by Crippen LogP contribution is 2.10. The van der Waals surface area contributed by atoms with E-state index in [1.807, 2.05) is 6.07 Å². The molecule has 1 unspecified atom stereocenters. The zero-order valence-electron chi connectivity index (χ0n) is 7.00. The van der Waals surface area contributed by atoms with Crippen LogP contribution >= 0.6 is 0 Å². The molecule has 0 radical (unpaired) electrons. The molecule has 11 heavy (non-hydrogen) atoms. The molecule has 0 spiro atoms. The van der Waals surface area contributed by atoms with Gasteiger partial charge in [-0.15, -0.1) is 0 Å². The van der Waals surface area contributed by atoms with Crippen LogP contribution < -0.4 is 5.73 Å². The van der Waals surface area contributed by atoms with Crippen LogP contribution in [0.5, 0.6) is 0 Å². The molecule has 0 saturated heterocycles. The van der Waals surface area contributed by atoms with Crippen molar-refractivity contribution in [3.8, 4) is 6.07 Å². The third-order valence-electron chi connectivity index (χ3n) is 1.53. The molecule has 2 N–H and O–H groups in total. The van der Waals surface area contributed by atoms with Crippen LogP contribution in [-0.4, -0.2) is 5.91 Å². The molecule has 0 aliphatic rings. The van der Waals surface area contributed by atoms with Gasteiger partial charge in [-0.2, -0.15) is 5.26 Å². The molecule has 0 bridgehead atoms. The van der Waals surface area contributed by atoms with Gasteiger partial charge in [-0.1, -0.05) is 13.8 Å². The van der Waals surface area contributed by atoms with Gasteiger partial charge in [0, 0.05) is 0 Å². The first kappa shape index (κ1) is 9.96. The zero-order chi connectivity index (χ0) is 8.85. The number of carbonyl (C=O) groups is 1. The second-order valence-electron chi connectivity index (χ2n) is 3.06. The van der Waals surface area contributed by atoms with Crippen molar-refractivity contribution in [3.05, 3.63) is 0 Å². The van der Waals surface area contributed by atoms with E-state index >= 15 is 0 Å². The molecular weight excluding hydrogens is 140 g/mol. The Balaban J connectivity index is 3.73. The Hall–Kier alpha value is -1.04. The lowest BCUT2D eigenvalue weighted by atomic mass is 9.99. The summed E-state index contributed by atoms with van der Waals surface area (Å²) >= 11 is 0. The molecule has 1 amide bonds. The van der Waals surface area contributed by atoms with E-state index in [-0.39, 0.29) is 0 Å². The van der Waals surface area contributed by atoms with Crippen LogP contribution in [-0.2, 0) is 4.79 Å². The summed E-state index contributed by atoms with van der Waals surface area (Å²) in [5, 5.41) is 8.46. The number of nitriles is 1. The van der Waals surface area contributed by atoms with E-state index in [0.717, 1.165) is 6.42 Å². The first-order valence-corrected chi connectivity index (χ1v) is 3.76. The molecule has 1 atom stereocenters. The van der Waals surface area contributed by atoms with Gasteiger partial charge in [0.2, 0.25) is 5.91 Å². The lowest BCUT2D eigenvalue weighted by Gasteiger charge is -2.05. The lowest BCUT2D eigenvalue weighted by molar-refractivity contribution is -0.120. The Morgan fingerprint density at radius 3 is 2.36 bits per heavy atom. The van der Waals surface area contributed by atoms with E-state index in [0.29, 0.717) is 12.3 Å². The SMILES string of the molecule is CC(C)CCC(C#N)C(N)=O. The Labute approximate surface area is 67.2 Å². The highest BCUT2D eigenvalue weighted by Gasteiger charge is 2.13. The van der Waals surface area contributed by atoms with E-state index in [1.165, 1.54) is 0 Å². The summed E-state index contributed by atoms with van der Waals surface area (Å²) in [6, 6.07) is 1.88. The number of primary amides is 1. The second-order valence-corrected chi connectivity index (χ2v) is 3.06. The monoisotopic (exact) mass is 154 g/mol. The fourth-order valence-electron chi connectivity index (χ4n) is 0.770. The smallest absolute Gasteiger partial charge is 0.234 e. The molecule has 3 heteroatoms. The number of nitrogens with two attached hydrogens (primary N) is 1. The molecule has 0 aromatic carbocycles. The molecule has 0 rings (SSSR count). The molecule has 3 nitrogen and oxygen atoms in total. The van der Waals surface area contributed by atoms with Crippen molar-refractivity contribution in [3.63, 3.8) is 0 Å². The Kier molecular flexibility index (Phi) is 4.28. The average Bonchev–Trinajstić information content (AvgIpc) is 1.87. The summed E-state index contributed by atoms with van der Waals surface area (Å²) in [6.45, 7) is 4.10. The normalized spacial score (nSPS) is 12.5. The summed E-state index contributed by atoms with van der Waals surface area (Å²) in [6.07, 6.45) is 1.46. The van der Waals surface area contributed by atoms with Crippen LogP contribution in [0.2, 0.25) is 0 Å². The predicted molar refractivity (Wildman–Crippen MR) is 42.4 cm³/mol. The maximum Gasteiger partial charge on any atom is 0.234 e. The molecule has 0 heterocycles. The average molecular weight is 154 g/mol. The van der Waals surface area contributed by atoms with E-state index < -0.39 is 11.8 Å². The number of amides is 1. The van der Waals surface area contributed by atoms with E-state index in [4.69, 9.17) is 11.0 Å². The van der Waals surface area contributed by atoms with Gasteiger partial charge in [-0.05, 0) is 18.8 Å². The molecular formula is C8H14N2O. The second kappa shape index (κ2) is 4.73. The van der Waals surface area contributed by atoms with Crippen LogP contribution in [0, 0.1) is 23.2 Å². The van der Waals surface area contributed by atoms with Gasteiger partial charge in [-0.3, -0.25) is 4.79 Å². The van der Waals surface area contributed by atoms with Crippen LogP contribution in [0.25, 0.3) is 0 Å². The molecule has 0 aromatic rings. The van der Waals surface area contributed by atoms with Crippen molar-refractivity contribution in [1.82, 2.24) is 0 Å². The zero-order valence-corrected chi connectivity index (χ0v) is 7.00. The number of hydrogen-bond donors (Lipinski definition) is 1. The molecule has 62 valence electrons. The van der Waals surface area contributed by atoms with E-state index in [9.17, 15) is 4.79 Å². The van der Waals surface area contributed by atoms with E-state index in [1.54, 1.807) is 0 Å². The predicted octanol–water partition coefficient (Wildman–Crippen LogP) is 1.05. The standard InChI is InChI=1S/C8H14N2O/c1-6(2)3-4-7(5-9)8(10)11/h6-7H,3-4H2,1-2H3,(H2,10,11). The van der Waals surface area contributed by atoms with E-state index in [2.05, 4.69) is 13.8 Å². The third-order valence-corrected chi connectivity index (χ3v) is 1.53. The van der Waals surface area contributed by atoms with Gasteiger partial charge in [-0.25, -0.2) is 0 Å². The summed E-state index contributed by atoms with van der Waals surface area (Å²) in [5.74, 6) is -0.587.